The Morgan fingerprint density at radius 2 is 2.06 bits per heavy atom. The standard InChI is InChI=1S/C12H15NO2.ClH/c1-15-12(14)10-4-2-9(3-5-10)11-6-7-13-8-11;/h2-5,11,13H,6-8H2,1H3;1H. The number of hydrogen-bond donors (Lipinski definition) is 1. The van der Waals surface area contributed by atoms with E-state index in [1.807, 2.05) is 24.3 Å². The van der Waals surface area contributed by atoms with Crippen LogP contribution in [0.25, 0.3) is 0 Å². The molecule has 4 heteroatoms. The van der Waals surface area contributed by atoms with Gasteiger partial charge < -0.3 is 10.1 Å². The van der Waals surface area contributed by atoms with Crippen molar-refractivity contribution in [1.29, 1.82) is 0 Å². The number of ether oxygens (including phenoxy) is 1. The Balaban J connectivity index is 0.00000128. The Morgan fingerprint density at radius 3 is 2.56 bits per heavy atom. The van der Waals surface area contributed by atoms with Gasteiger partial charge in [0, 0.05) is 6.54 Å². The molecule has 0 bridgehead atoms. The lowest BCUT2D eigenvalue weighted by Crippen LogP contribution is -2.08. The van der Waals surface area contributed by atoms with Crippen LogP contribution in [0.5, 0.6) is 0 Å². The maximum Gasteiger partial charge on any atom is 0.337 e. The first-order chi connectivity index (χ1) is 7.31. The summed E-state index contributed by atoms with van der Waals surface area (Å²) >= 11 is 0. The molecule has 16 heavy (non-hydrogen) atoms. The van der Waals surface area contributed by atoms with Gasteiger partial charge in [-0.25, -0.2) is 4.79 Å². The van der Waals surface area contributed by atoms with Crippen LogP contribution in [0.1, 0.15) is 28.3 Å². The highest BCUT2D eigenvalue weighted by atomic mass is 35.5. The molecule has 1 aliphatic rings. The molecule has 1 fully saturated rings. The maximum atomic E-state index is 11.2. The second-order valence-electron chi connectivity index (χ2n) is 3.80. The minimum Gasteiger partial charge on any atom is -0.465 e. The van der Waals surface area contributed by atoms with Gasteiger partial charge in [0.05, 0.1) is 12.7 Å². The average molecular weight is 242 g/mol. The van der Waals surface area contributed by atoms with E-state index in [1.54, 1.807) is 0 Å². The average Bonchev–Trinajstić information content (AvgIpc) is 2.82. The SMILES string of the molecule is COC(=O)c1ccc(C2CCNC2)cc1.Cl. The van der Waals surface area contributed by atoms with Crippen LogP contribution < -0.4 is 5.32 Å². The van der Waals surface area contributed by atoms with Crippen LogP contribution >= 0.6 is 12.4 Å². The molecule has 1 heterocycles. The quantitative estimate of drug-likeness (QED) is 0.805. The van der Waals surface area contributed by atoms with Crippen molar-refractivity contribution in [2.45, 2.75) is 12.3 Å². The Labute approximate surface area is 102 Å². The molecule has 1 aromatic carbocycles. The van der Waals surface area contributed by atoms with Gasteiger partial charge >= 0.3 is 5.97 Å². The minimum atomic E-state index is -0.272. The number of methoxy groups -OCH3 is 1. The van der Waals surface area contributed by atoms with Crippen molar-refractivity contribution in [3.8, 4) is 0 Å². The predicted octanol–water partition coefficient (Wildman–Crippen LogP) is 1.97. The molecule has 0 amide bonds. The van der Waals surface area contributed by atoms with E-state index in [-0.39, 0.29) is 18.4 Å². The van der Waals surface area contributed by atoms with Gasteiger partial charge in [-0.1, -0.05) is 12.1 Å². The van der Waals surface area contributed by atoms with Gasteiger partial charge in [-0.3, -0.25) is 0 Å². The highest BCUT2D eigenvalue weighted by Gasteiger charge is 2.16. The van der Waals surface area contributed by atoms with E-state index in [4.69, 9.17) is 0 Å². The molecule has 0 radical (unpaired) electrons. The fourth-order valence-electron chi connectivity index (χ4n) is 1.95. The molecular weight excluding hydrogens is 226 g/mol. The van der Waals surface area contributed by atoms with Crippen LogP contribution in [0, 0.1) is 0 Å². The molecule has 2 rings (SSSR count). The first kappa shape index (κ1) is 13.0. The van der Waals surface area contributed by atoms with Gasteiger partial charge in [-0.2, -0.15) is 0 Å². The number of rotatable bonds is 2. The van der Waals surface area contributed by atoms with Crippen LogP contribution in [-0.4, -0.2) is 26.2 Å². The number of nitrogens with one attached hydrogen (secondary N) is 1. The minimum absolute atomic E-state index is 0. The first-order valence-electron chi connectivity index (χ1n) is 5.20. The fourth-order valence-corrected chi connectivity index (χ4v) is 1.95. The largest absolute Gasteiger partial charge is 0.465 e. The van der Waals surface area contributed by atoms with E-state index in [2.05, 4.69) is 10.1 Å². The fraction of sp³-hybridized carbons (Fsp3) is 0.417. The lowest BCUT2D eigenvalue weighted by Gasteiger charge is -2.08. The van der Waals surface area contributed by atoms with E-state index in [9.17, 15) is 4.79 Å². The third kappa shape index (κ3) is 2.74. The Bertz CT molecular complexity index is 345. The van der Waals surface area contributed by atoms with Crippen molar-refractivity contribution in [2.75, 3.05) is 20.2 Å². The Kier molecular flexibility index (Phi) is 4.77. The van der Waals surface area contributed by atoms with E-state index in [0.717, 1.165) is 13.1 Å². The number of carbonyl (C=O) groups excluding carboxylic acids is 1. The van der Waals surface area contributed by atoms with Crippen LogP contribution in [0.2, 0.25) is 0 Å². The van der Waals surface area contributed by atoms with E-state index >= 15 is 0 Å². The summed E-state index contributed by atoms with van der Waals surface area (Å²) in [5, 5.41) is 3.33. The van der Waals surface area contributed by atoms with Crippen molar-refractivity contribution in [3.63, 3.8) is 0 Å². The van der Waals surface area contributed by atoms with Crippen LogP contribution in [0.4, 0.5) is 0 Å². The highest BCUT2D eigenvalue weighted by Crippen LogP contribution is 2.22. The molecule has 0 saturated carbocycles. The second kappa shape index (κ2) is 5.87. The molecule has 1 N–H and O–H groups in total. The van der Waals surface area contributed by atoms with E-state index < -0.39 is 0 Å². The lowest BCUT2D eigenvalue weighted by molar-refractivity contribution is 0.0600. The summed E-state index contributed by atoms with van der Waals surface area (Å²) in [6.45, 7) is 2.13. The lowest BCUT2D eigenvalue weighted by atomic mass is 9.97. The van der Waals surface area contributed by atoms with Gasteiger partial charge in [-0.15, -0.1) is 12.4 Å². The molecule has 1 aliphatic heterocycles. The summed E-state index contributed by atoms with van der Waals surface area (Å²) in [5.41, 5.74) is 1.92. The van der Waals surface area contributed by atoms with Crippen LogP contribution in [-0.2, 0) is 4.74 Å². The Morgan fingerprint density at radius 1 is 1.38 bits per heavy atom. The van der Waals surface area contributed by atoms with E-state index in [1.165, 1.54) is 19.1 Å². The summed E-state index contributed by atoms with van der Waals surface area (Å²) in [6, 6.07) is 7.70. The molecule has 0 spiro atoms. The predicted molar refractivity (Wildman–Crippen MR) is 65.3 cm³/mol. The number of halogens is 1. The third-order valence-corrected chi connectivity index (χ3v) is 2.86. The van der Waals surface area contributed by atoms with Gasteiger partial charge in [0.1, 0.15) is 0 Å². The van der Waals surface area contributed by atoms with Crippen molar-refractivity contribution >= 4 is 18.4 Å². The number of carbonyl (C=O) groups is 1. The normalized spacial score (nSPS) is 18.9. The summed E-state index contributed by atoms with van der Waals surface area (Å²) in [5.74, 6) is 0.322. The molecule has 88 valence electrons. The van der Waals surface area contributed by atoms with Crippen LogP contribution in [0.3, 0.4) is 0 Å². The molecule has 0 aromatic heterocycles. The molecule has 0 aliphatic carbocycles. The summed E-state index contributed by atoms with van der Waals surface area (Å²) in [6.07, 6.45) is 1.18. The molecule has 1 unspecified atom stereocenters. The van der Waals surface area contributed by atoms with Gasteiger partial charge in [0.25, 0.3) is 0 Å². The van der Waals surface area contributed by atoms with Crippen LogP contribution in [0.15, 0.2) is 24.3 Å². The maximum absolute atomic E-state index is 11.2. The summed E-state index contributed by atoms with van der Waals surface area (Å²) in [4.78, 5) is 11.2. The second-order valence-corrected chi connectivity index (χ2v) is 3.80. The number of benzene rings is 1. The van der Waals surface area contributed by atoms with Crippen molar-refractivity contribution in [2.24, 2.45) is 0 Å². The number of hydrogen-bond acceptors (Lipinski definition) is 3. The Hall–Kier alpha value is -1.06. The molecule has 1 saturated heterocycles. The van der Waals surface area contributed by atoms with Gasteiger partial charge in [-0.05, 0) is 36.6 Å². The molecule has 1 atom stereocenters. The zero-order chi connectivity index (χ0) is 10.7. The summed E-state index contributed by atoms with van der Waals surface area (Å²) in [7, 11) is 1.40. The molecular formula is C12H16ClNO2. The van der Waals surface area contributed by atoms with Crippen molar-refractivity contribution in [1.82, 2.24) is 5.32 Å². The molecule has 1 aromatic rings. The van der Waals surface area contributed by atoms with Crippen molar-refractivity contribution in [3.05, 3.63) is 35.4 Å². The smallest absolute Gasteiger partial charge is 0.337 e. The molecule has 3 nitrogen and oxygen atoms in total. The number of esters is 1. The zero-order valence-electron chi connectivity index (χ0n) is 9.23. The first-order valence-corrected chi connectivity index (χ1v) is 5.20. The van der Waals surface area contributed by atoms with Gasteiger partial charge in [0.15, 0.2) is 0 Å². The topological polar surface area (TPSA) is 38.3 Å². The van der Waals surface area contributed by atoms with Crippen molar-refractivity contribution < 1.29 is 9.53 Å². The van der Waals surface area contributed by atoms with E-state index in [0.29, 0.717) is 11.5 Å². The summed E-state index contributed by atoms with van der Waals surface area (Å²) < 4.78 is 4.65. The van der Waals surface area contributed by atoms with Gasteiger partial charge in [0.2, 0.25) is 0 Å². The third-order valence-electron chi connectivity index (χ3n) is 2.86. The monoisotopic (exact) mass is 241 g/mol. The highest BCUT2D eigenvalue weighted by molar-refractivity contribution is 5.89. The zero-order valence-corrected chi connectivity index (χ0v) is 10.0.